The fourth-order valence-electron chi connectivity index (χ4n) is 1.22. The van der Waals surface area contributed by atoms with Gasteiger partial charge in [0.2, 0.25) is 0 Å². The zero-order valence-corrected chi connectivity index (χ0v) is 6.56. The Morgan fingerprint density at radius 1 is 1.50 bits per heavy atom. The first-order valence-electron chi connectivity index (χ1n) is 3.58. The van der Waals surface area contributed by atoms with Crippen molar-refractivity contribution in [3.8, 4) is 0 Å². The fourth-order valence-corrected chi connectivity index (χ4v) is 1.29. The van der Waals surface area contributed by atoms with E-state index in [1.54, 1.807) is 0 Å². The van der Waals surface area contributed by atoms with E-state index in [0.29, 0.717) is 0 Å². The van der Waals surface area contributed by atoms with Crippen LogP contribution in [-0.4, -0.2) is 18.0 Å². The summed E-state index contributed by atoms with van der Waals surface area (Å²) in [6.45, 7) is 0. The van der Waals surface area contributed by atoms with Crippen LogP contribution < -0.4 is 0 Å². The Labute approximate surface area is 65.5 Å². The molecule has 0 aromatic heterocycles. The van der Waals surface area contributed by atoms with E-state index in [9.17, 15) is 4.79 Å². The zero-order valence-electron chi connectivity index (χ0n) is 5.81. The summed E-state index contributed by atoms with van der Waals surface area (Å²) in [5, 5.41) is 0. The predicted molar refractivity (Wildman–Crippen MR) is 39.1 cm³/mol. The summed E-state index contributed by atoms with van der Waals surface area (Å²) in [6.07, 6.45) is 4.55. The molecular formula is C7H11ClO2. The molecule has 0 aliphatic heterocycles. The molecule has 0 spiro atoms. The van der Waals surface area contributed by atoms with E-state index in [4.69, 9.17) is 16.3 Å². The number of hydrogen-bond acceptors (Lipinski definition) is 2. The van der Waals surface area contributed by atoms with Gasteiger partial charge in [-0.05, 0) is 25.7 Å². The predicted octanol–water partition coefficient (Wildman–Crippen LogP) is 1.71. The quantitative estimate of drug-likeness (QED) is 0.457. The number of ether oxygens (including phenoxy) is 1. The average Bonchev–Trinajstić information content (AvgIpc) is 2.40. The molecule has 1 fully saturated rings. The molecule has 0 atom stereocenters. The van der Waals surface area contributed by atoms with E-state index in [2.05, 4.69) is 0 Å². The van der Waals surface area contributed by atoms with Crippen LogP contribution in [0.1, 0.15) is 25.7 Å². The van der Waals surface area contributed by atoms with Crippen LogP contribution in [0, 0.1) is 0 Å². The second kappa shape index (κ2) is 3.81. The van der Waals surface area contributed by atoms with Gasteiger partial charge < -0.3 is 4.74 Å². The smallest absolute Gasteiger partial charge is 0.321 e. The number of rotatable bonds is 2. The van der Waals surface area contributed by atoms with Crippen molar-refractivity contribution in [2.45, 2.75) is 31.8 Å². The van der Waals surface area contributed by atoms with Crippen molar-refractivity contribution in [1.82, 2.24) is 0 Å². The lowest BCUT2D eigenvalue weighted by Gasteiger charge is -2.08. The third kappa shape index (κ3) is 2.18. The lowest BCUT2D eigenvalue weighted by atomic mass is 10.3. The molecule has 1 saturated carbocycles. The van der Waals surface area contributed by atoms with Crippen molar-refractivity contribution < 1.29 is 9.53 Å². The van der Waals surface area contributed by atoms with Crippen LogP contribution in [0.5, 0.6) is 0 Å². The highest BCUT2D eigenvalue weighted by atomic mass is 35.5. The number of carbonyl (C=O) groups is 1. The average molecular weight is 163 g/mol. The van der Waals surface area contributed by atoms with Gasteiger partial charge in [-0.25, -0.2) is 0 Å². The summed E-state index contributed by atoms with van der Waals surface area (Å²) in [5.74, 6) is -0.301. The van der Waals surface area contributed by atoms with Gasteiger partial charge in [0.05, 0.1) is 0 Å². The molecule has 2 nitrogen and oxygen atoms in total. The standard InChI is InChI=1S/C7H11ClO2/c8-5-7(9)10-6-3-1-2-4-6/h6H,1-5H2. The second-order valence-corrected chi connectivity index (χ2v) is 2.80. The molecule has 58 valence electrons. The maximum atomic E-state index is 10.6. The summed E-state index contributed by atoms with van der Waals surface area (Å²) in [4.78, 5) is 10.6. The van der Waals surface area contributed by atoms with E-state index < -0.39 is 0 Å². The highest BCUT2D eigenvalue weighted by Crippen LogP contribution is 2.20. The van der Waals surface area contributed by atoms with Crippen LogP contribution in [0.15, 0.2) is 0 Å². The van der Waals surface area contributed by atoms with Gasteiger partial charge in [-0.15, -0.1) is 11.6 Å². The molecule has 0 heterocycles. The number of halogens is 1. The number of hydrogen-bond donors (Lipinski definition) is 0. The van der Waals surface area contributed by atoms with Crippen LogP contribution in [-0.2, 0) is 9.53 Å². The Balaban J connectivity index is 2.17. The zero-order chi connectivity index (χ0) is 7.40. The SMILES string of the molecule is O=C(CCl)OC1CCCC1. The Morgan fingerprint density at radius 2 is 2.10 bits per heavy atom. The fraction of sp³-hybridized carbons (Fsp3) is 0.857. The number of carbonyl (C=O) groups excluding carboxylic acids is 1. The molecule has 0 bridgehead atoms. The number of alkyl halides is 1. The lowest BCUT2D eigenvalue weighted by molar-refractivity contribution is -0.145. The summed E-state index contributed by atoms with van der Waals surface area (Å²) in [7, 11) is 0. The summed E-state index contributed by atoms with van der Waals surface area (Å²) in [6, 6.07) is 0. The summed E-state index contributed by atoms with van der Waals surface area (Å²) >= 11 is 5.26. The normalized spacial score (nSPS) is 19.3. The van der Waals surface area contributed by atoms with Crippen molar-refractivity contribution in [2.75, 3.05) is 5.88 Å². The van der Waals surface area contributed by atoms with Crippen molar-refractivity contribution in [2.24, 2.45) is 0 Å². The molecule has 0 radical (unpaired) electrons. The molecule has 1 aliphatic carbocycles. The molecule has 0 aromatic rings. The first-order chi connectivity index (χ1) is 4.83. The lowest BCUT2D eigenvalue weighted by Crippen LogP contribution is -2.15. The maximum absolute atomic E-state index is 10.6. The minimum absolute atomic E-state index is 0.0174. The molecular weight excluding hydrogens is 152 g/mol. The van der Waals surface area contributed by atoms with Gasteiger partial charge in [0.1, 0.15) is 12.0 Å². The maximum Gasteiger partial charge on any atom is 0.321 e. The monoisotopic (exact) mass is 162 g/mol. The Bertz CT molecular complexity index is 119. The van der Waals surface area contributed by atoms with Gasteiger partial charge in [0.15, 0.2) is 0 Å². The van der Waals surface area contributed by atoms with Gasteiger partial charge in [-0.1, -0.05) is 0 Å². The largest absolute Gasteiger partial charge is 0.461 e. The summed E-state index contributed by atoms with van der Waals surface area (Å²) in [5.41, 5.74) is 0. The Kier molecular flexibility index (Phi) is 3.00. The van der Waals surface area contributed by atoms with E-state index in [-0.39, 0.29) is 18.0 Å². The molecule has 1 rings (SSSR count). The first kappa shape index (κ1) is 7.86. The highest BCUT2D eigenvalue weighted by molar-refractivity contribution is 6.26. The van der Waals surface area contributed by atoms with Crippen molar-refractivity contribution in [1.29, 1.82) is 0 Å². The van der Waals surface area contributed by atoms with E-state index in [1.807, 2.05) is 0 Å². The minimum Gasteiger partial charge on any atom is -0.461 e. The molecule has 1 aliphatic rings. The van der Waals surface area contributed by atoms with Gasteiger partial charge in [-0.2, -0.15) is 0 Å². The van der Waals surface area contributed by atoms with Gasteiger partial charge >= 0.3 is 5.97 Å². The van der Waals surface area contributed by atoms with Gasteiger partial charge in [-0.3, -0.25) is 4.79 Å². The van der Waals surface area contributed by atoms with Crippen LogP contribution >= 0.6 is 11.6 Å². The van der Waals surface area contributed by atoms with Crippen LogP contribution in [0.2, 0.25) is 0 Å². The van der Waals surface area contributed by atoms with Crippen LogP contribution in [0.25, 0.3) is 0 Å². The molecule has 0 aromatic carbocycles. The Hall–Kier alpha value is -0.240. The van der Waals surface area contributed by atoms with Crippen molar-refractivity contribution >= 4 is 17.6 Å². The molecule has 10 heavy (non-hydrogen) atoms. The molecule has 3 heteroatoms. The molecule has 0 saturated heterocycles. The molecule has 0 unspecified atom stereocenters. The van der Waals surface area contributed by atoms with E-state index in [0.717, 1.165) is 12.8 Å². The van der Waals surface area contributed by atoms with E-state index in [1.165, 1.54) is 12.8 Å². The van der Waals surface area contributed by atoms with Crippen LogP contribution in [0.3, 0.4) is 0 Å². The van der Waals surface area contributed by atoms with Crippen molar-refractivity contribution in [3.63, 3.8) is 0 Å². The van der Waals surface area contributed by atoms with Crippen LogP contribution in [0.4, 0.5) is 0 Å². The molecule has 0 N–H and O–H groups in total. The third-order valence-corrected chi connectivity index (χ3v) is 1.93. The minimum atomic E-state index is -0.284. The number of esters is 1. The second-order valence-electron chi connectivity index (χ2n) is 2.53. The summed E-state index contributed by atoms with van der Waals surface area (Å²) < 4.78 is 4.99. The van der Waals surface area contributed by atoms with E-state index >= 15 is 0 Å². The Morgan fingerprint density at radius 3 is 2.60 bits per heavy atom. The third-order valence-electron chi connectivity index (χ3n) is 1.71. The highest BCUT2D eigenvalue weighted by Gasteiger charge is 2.18. The van der Waals surface area contributed by atoms with Crippen molar-refractivity contribution in [3.05, 3.63) is 0 Å². The topological polar surface area (TPSA) is 26.3 Å². The van der Waals surface area contributed by atoms with Gasteiger partial charge in [0, 0.05) is 0 Å². The van der Waals surface area contributed by atoms with Gasteiger partial charge in [0.25, 0.3) is 0 Å². The first-order valence-corrected chi connectivity index (χ1v) is 4.12. The molecule has 0 amide bonds.